The van der Waals surface area contributed by atoms with E-state index in [1.807, 2.05) is 43.3 Å². The van der Waals surface area contributed by atoms with Gasteiger partial charge in [0.05, 0.1) is 10.4 Å². The Morgan fingerprint density at radius 2 is 2.05 bits per heavy atom. The molecular weight excluding hydrogens is 292 g/mol. The average Bonchev–Trinajstić information content (AvgIpc) is 2.86. The molecule has 2 aromatic rings. The highest BCUT2D eigenvalue weighted by atomic mass is 35.5. The predicted octanol–water partition coefficient (Wildman–Crippen LogP) is 4.85. The van der Waals surface area contributed by atoms with E-state index in [0.29, 0.717) is 0 Å². The van der Waals surface area contributed by atoms with Gasteiger partial charge in [0.1, 0.15) is 0 Å². The first kappa shape index (κ1) is 14.9. The SMILES string of the molecule is CCc1ccccc1NC(=O)N[C@@H](C)c1ccc(Cl)s1. The number of amides is 2. The number of urea groups is 1. The number of thiophene rings is 1. The molecule has 0 aliphatic rings. The Morgan fingerprint density at radius 3 is 2.70 bits per heavy atom. The van der Waals surface area contributed by atoms with Crippen LogP contribution in [0.3, 0.4) is 0 Å². The Morgan fingerprint density at radius 1 is 1.30 bits per heavy atom. The van der Waals surface area contributed by atoms with E-state index in [9.17, 15) is 4.79 Å². The highest BCUT2D eigenvalue weighted by Gasteiger charge is 2.12. The van der Waals surface area contributed by atoms with Crippen molar-refractivity contribution >= 4 is 34.7 Å². The summed E-state index contributed by atoms with van der Waals surface area (Å²) in [6.45, 7) is 4.00. The summed E-state index contributed by atoms with van der Waals surface area (Å²) in [5, 5.41) is 5.80. The van der Waals surface area contributed by atoms with Gasteiger partial charge in [-0.1, -0.05) is 36.7 Å². The smallest absolute Gasteiger partial charge is 0.319 e. The van der Waals surface area contributed by atoms with Gasteiger partial charge in [-0.25, -0.2) is 4.79 Å². The lowest BCUT2D eigenvalue weighted by atomic mass is 10.1. The second kappa shape index (κ2) is 6.77. The third-order valence-corrected chi connectivity index (χ3v) is 4.43. The van der Waals surface area contributed by atoms with Crippen LogP contribution in [0.1, 0.15) is 30.3 Å². The Bertz CT molecular complexity index is 597. The third-order valence-electron chi connectivity index (χ3n) is 3.01. The maximum Gasteiger partial charge on any atom is 0.319 e. The topological polar surface area (TPSA) is 41.1 Å². The van der Waals surface area contributed by atoms with Crippen LogP contribution in [0.15, 0.2) is 36.4 Å². The van der Waals surface area contributed by atoms with Crippen molar-refractivity contribution in [2.75, 3.05) is 5.32 Å². The van der Waals surface area contributed by atoms with Gasteiger partial charge in [-0.15, -0.1) is 11.3 Å². The van der Waals surface area contributed by atoms with Crippen LogP contribution < -0.4 is 10.6 Å². The summed E-state index contributed by atoms with van der Waals surface area (Å²) in [6.07, 6.45) is 0.881. The maximum absolute atomic E-state index is 12.0. The van der Waals surface area contributed by atoms with Gasteiger partial charge in [0, 0.05) is 10.6 Å². The molecule has 5 heteroatoms. The van der Waals surface area contributed by atoms with Gasteiger partial charge in [0.15, 0.2) is 0 Å². The molecule has 1 aromatic carbocycles. The average molecular weight is 309 g/mol. The number of hydrogen-bond acceptors (Lipinski definition) is 2. The van der Waals surface area contributed by atoms with E-state index >= 15 is 0 Å². The van der Waals surface area contributed by atoms with Crippen LogP contribution >= 0.6 is 22.9 Å². The zero-order chi connectivity index (χ0) is 14.5. The minimum Gasteiger partial charge on any atom is -0.331 e. The molecule has 0 aliphatic heterocycles. The van der Waals surface area contributed by atoms with Gasteiger partial charge < -0.3 is 10.6 Å². The fourth-order valence-electron chi connectivity index (χ4n) is 1.94. The van der Waals surface area contributed by atoms with E-state index in [1.54, 1.807) is 0 Å². The second-order valence-corrected chi connectivity index (χ2v) is 6.22. The van der Waals surface area contributed by atoms with Crippen molar-refractivity contribution in [3.05, 3.63) is 51.2 Å². The van der Waals surface area contributed by atoms with Gasteiger partial charge in [-0.2, -0.15) is 0 Å². The number of benzene rings is 1. The fourth-order valence-corrected chi connectivity index (χ4v) is 3.00. The maximum atomic E-state index is 12.0. The predicted molar refractivity (Wildman–Crippen MR) is 85.7 cm³/mol. The summed E-state index contributed by atoms with van der Waals surface area (Å²) in [7, 11) is 0. The second-order valence-electron chi connectivity index (χ2n) is 4.47. The molecule has 2 rings (SSSR count). The van der Waals surface area contributed by atoms with Gasteiger partial charge >= 0.3 is 6.03 Å². The van der Waals surface area contributed by atoms with E-state index in [-0.39, 0.29) is 12.1 Å². The lowest BCUT2D eigenvalue weighted by Crippen LogP contribution is -2.31. The number of carbonyl (C=O) groups is 1. The molecule has 0 bridgehead atoms. The van der Waals surface area contributed by atoms with Crippen LogP contribution in [-0.4, -0.2) is 6.03 Å². The van der Waals surface area contributed by atoms with Gasteiger partial charge in [0.2, 0.25) is 0 Å². The molecule has 2 N–H and O–H groups in total. The molecule has 1 aromatic heterocycles. The number of rotatable bonds is 4. The number of anilines is 1. The molecule has 1 atom stereocenters. The highest BCUT2D eigenvalue weighted by molar-refractivity contribution is 7.16. The molecule has 1 heterocycles. The van der Waals surface area contributed by atoms with Crippen molar-refractivity contribution in [2.45, 2.75) is 26.3 Å². The molecule has 0 spiro atoms. The van der Waals surface area contributed by atoms with E-state index in [2.05, 4.69) is 17.6 Å². The highest BCUT2D eigenvalue weighted by Crippen LogP contribution is 2.26. The molecule has 2 amide bonds. The van der Waals surface area contributed by atoms with Crippen molar-refractivity contribution < 1.29 is 4.79 Å². The Kier molecular flexibility index (Phi) is 5.04. The van der Waals surface area contributed by atoms with Crippen LogP contribution in [0.2, 0.25) is 4.34 Å². The van der Waals surface area contributed by atoms with Crippen LogP contribution in [0.4, 0.5) is 10.5 Å². The molecule has 0 aliphatic carbocycles. The zero-order valence-electron chi connectivity index (χ0n) is 11.4. The standard InChI is InChI=1S/C15H17ClN2OS/c1-3-11-6-4-5-7-12(11)18-15(19)17-10(2)13-8-9-14(16)20-13/h4-10H,3H2,1-2H3,(H2,17,18,19)/t10-/m0/s1. The molecule has 0 saturated carbocycles. The van der Waals surface area contributed by atoms with Crippen molar-refractivity contribution in [3.63, 3.8) is 0 Å². The monoisotopic (exact) mass is 308 g/mol. The third kappa shape index (κ3) is 3.74. The summed E-state index contributed by atoms with van der Waals surface area (Å²) in [5.74, 6) is 0. The number of aryl methyl sites for hydroxylation is 1. The largest absolute Gasteiger partial charge is 0.331 e. The number of halogens is 1. The van der Waals surface area contributed by atoms with Crippen LogP contribution in [-0.2, 0) is 6.42 Å². The van der Waals surface area contributed by atoms with Crippen LogP contribution in [0.5, 0.6) is 0 Å². The lowest BCUT2D eigenvalue weighted by molar-refractivity contribution is 0.249. The quantitative estimate of drug-likeness (QED) is 0.833. The Labute approximate surface area is 128 Å². The first-order valence-corrected chi connectivity index (χ1v) is 7.70. The van der Waals surface area contributed by atoms with Gasteiger partial charge in [-0.3, -0.25) is 0 Å². The normalized spacial score (nSPS) is 11.9. The zero-order valence-corrected chi connectivity index (χ0v) is 13.0. The molecule has 106 valence electrons. The van der Waals surface area contributed by atoms with Crippen LogP contribution in [0, 0.1) is 0 Å². The van der Waals surface area contributed by atoms with Gasteiger partial charge in [-0.05, 0) is 37.1 Å². The molecule has 0 radical (unpaired) electrons. The van der Waals surface area contributed by atoms with Crippen LogP contribution in [0.25, 0.3) is 0 Å². The Balaban J connectivity index is 1.98. The molecule has 0 saturated heterocycles. The van der Waals surface area contributed by atoms with E-state index in [4.69, 9.17) is 11.6 Å². The van der Waals surface area contributed by atoms with Gasteiger partial charge in [0.25, 0.3) is 0 Å². The molecular formula is C15H17ClN2OS. The first-order chi connectivity index (χ1) is 9.60. The van der Waals surface area contributed by atoms with E-state index < -0.39 is 0 Å². The summed E-state index contributed by atoms with van der Waals surface area (Å²) in [6, 6.07) is 11.3. The molecule has 3 nitrogen and oxygen atoms in total. The van der Waals surface area contributed by atoms with Crippen molar-refractivity contribution in [3.8, 4) is 0 Å². The molecule has 20 heavy (non-hydrogen) atoms. The van der Waals surface area contributed by atoms with Crippen molar-refractivity contribution in [2.24, 2.45) is 0 Å². The lowest BCUT2D eigenvalue weighted by Gasteiger charge is -2.14. The number of para-hydroxylation sites is 1. The number of hydrogen-bond donors (Lipinski definition) is 2. The number of nitrogens with one attached hydrogen (secondary N) is 2. The molecule has 0 unspecified atom stereocenters. The van der Waals surface area contributed by atoms with E-state index in [0.717, 1.165) is 26.9 Å². The van der Waals surface area contributed by atoms with Crippen molar-refractivity contribution in [1.29, 1.82) is 0 Å². The fraction of sp³-hybridized carbons (Fsp3) is 0.267. The Hall–Kier alpha value is -1.52. The van der Waals surface area contributed by atoms with Crippen molar-refractivity contribution in [1.82, 2.24) is 5.32 Å². The minimum absolute atomic E-state index is 0.0683. The minimum atomic E-state index is -0.206. The summed E-state index contributed by atoms with van der Waals surface area (Å²) in [5.41, 5.74) is 1.97. The summed E-state index contributed by atoms with van der Waals surface area (Å²) >= 11 is 7.38. The summed E-state index contributed by atoms with van der Waals surface area (Å²) in [4.78, 5) is 13.1. The first-order valence-electron chi connectivity index (χ1n) is 6.50. The molecule has 0 fully saturated rings. The number of carbonyl (C=O) groups excluding carboxylic acids is 1. The summed E-state index contributed by atoms with van der Waals surface area (Å²) < 4.78 is 0.727. The van der Waals surface area contributed by atoms with E-state index in [1.165, 1.54) is 11.3 Å².